The number of hydrogen-bond donors (Lipinski definition) is 1. The van der Waals surface area contributed by atoms with E-state index in [1.54, 1.807) is 7.11 Å². The average molecular weight is 281 g/mol. The lowest BCUT2D eigenvalue weighted by Gasteiger charge is -2.22. The lowest BCUT2D eigenvalue weighted by molar-refractivity contribution is 0.414. The summed E-state index contributed by atoms with van der Waals surface area (Å²) in [5.74, 6) is 1.34. The summed E-state index contributed by atoms with van der Waals surface area (Å²) in [5, 5.41) is 0. The van der Waals surface area contributed by atoms with Crippen LogP contribution in [0.25, 0.3) is 0 Å². The quantitative estimate of drug-likeness (QED) is 0.931. The summed E-state index contributed by atoms with van der Waals surface area (Å²) in [7, 11) is 1.73. The van der Waals surface area contributed by atoms with Crippen LogP contribution in [0.5, 0.6) is 5.75 Å². The number of nitrogens with two attached hydrogens (primary N) is 1. The van der Waals surface area contributed by atoms with Gasteiger partial charge in [-0.3, -0.25) is 0 Å². The topological polar surface area (TPSA) is 35.2 Å². The maximum absolute atomic E-state index is 6.12. The summed E-state index contributed by atoms with van der Waals surface area (Å²) in [6, 6.07) is 15.5. The predicted octanol–water partition coefficient (Wildman–Crippen LogP) is 3.66. The number of fused-ring (bicyclic) bond motifs is 2. The fourth-order valence-electron chi connectivity index (χ4n) is 3.43. The number of aryl methyl sites for hydroxylation is 2. The summed E-state index contributed by atoms with van der Waals surface area (Å²) in [4.78, 5) is 0. The first-order valence-corrected chi connectivity index (χ1v) is 7.69. The van der Waals surface area contributed by atoms with E-state index in [-0.39, 0.29) is 6.04 Å². The number of hydrogen-bond acceptors (Lipinski definition) is 2. The van der Waals surface area contributed by atoms with Gasteiger partial charge in [0.15, 0.2) is 0 Å². The standard InChI is InChI=1S/C19H23NO/c1-13(20)11-19-17-6-4-3-5-14(17)7-8-15-12-16(21-2)9-10-18(15)19/h3-6,9-10,12-13,19H,7-8,11,20H2,1-2H3. The maximum Gasteiger partial charge on any atom is 0.119 e. The van der Waals surface area contributed by atoms with Gasteiger partial charge in [0.25, 0.3) is 0 Å². The first kappa shape index (κ1) is 14.2. The van der Waals surface area contributed by atoms with Crippen LogP contribution in [0.4, 0.5) is 0 Å². The zero-order valence-electron chi connectivity index (χ0n) is 12.8. The van der Waals surface area contributed by atoms with Gasteiger partial charge in [-0.15, -0.1) is 0 Å². The number of benzene rings is 2. The van der Waals surface area contributed by atoms with Gasteiger partial charge in [0, 0.05) is 12.0 Å². The zero-order valence-corrected chi connectivity index (χ0v) is 12.8. The van der Waals surface area contributed by atoms with E-state index >= 15 is 0 Å². The van der Waals surface area contributed by atoms with E-state index < -0.39 is 0 Å². The fraction of sp³-hybridized carbons (Fsp3) is 0.368. The van der Waals surface area contributed by atoms with E-state index in [1.807, 2.05) is 0 Å². The van der Waals surface area contributed by atoms with Crippen LogP contribution in [0, 0.1) is 0 Å². The normalized spacial score (nSPS) is 18.3. The molecule has 2 atom stereocenters. The van der Waals surface area contributed by atoms with Crippen LogP contribution < -0.4 is 10.5 Å². The molecule has 0 radical (unpaired) electrons. The Morgan fingerprint density at radius 2 is 1.81 bits per heavy atom. The molecule has 3 rings (SSSR count). The van der Waals surface area contributed by atoms with Crippen LogP contribution in [0.3, 0.4) is 0 Å². The zero-order chi connectivity index (χ0) is 14.8. The van der Waals surface area contributed by atoms with Crippen molar-refractivity contribution in [3.63, 3.8) is 0 Å². The van der Waals surface area contributed by atoms with Crippen molar-refractivity contribution >= 4 is 0 Å². The van der Waals surface area contributed by atoms with Crippen molar-refractivity contribution in [2.24, 2.45) is 5.73 Å². The minimum absolute atomic E-state index is 0.191. The van der Waals surface area contributed by atoms with Gasteiger partial charge in [-0.25, -0.2) is 0 Å². The van der Waals surface area contributed by atoms with Crippen LogP contribution in [-0.2, 0) is 12.8 Å². The molecule has 0 aromatic heterocycles. The smallest absolute Gasteiger partial charge is 0.119 e. The first-order valence-electron chi connectivity index (χ1n) is 7.69. The Labute approximate surface area is 126 Å². The molecule has 1 aliphatic rings. The van der Waals surface area contributed by atoms with E-state index in [2.05, 4.69) is 49.4 Å². The molecule has 2 aromatic rings. The molecule has 0 fully saturated rings. The third kappa shape index (κ3) is 2.81. The monoisotopic (exact) mass is 281 g/mol. The molecule has 2 unspecified atom stereocenters. The number of ether oxygens (including phenoxy) is 1. The fourth-order valence-corrected chi connectivity index (χ4v) is 3.43. The molecular weight excluding hydrogens is 258 g/mol. The van der Waals surface area contributed by atoms with Gasteiger partial charge in [-0.2, -0.15) is 0 Å². The minimum Gasteiger partial charge on any atom is -0.497 e. The van der Waals surface area contributed by atoms with Crippen molar-refractivity contribution in [1.82, 2.24) is 0 Å². The SMILES string of the molecule is COc1ccc2c(c1)CCc1ccccc1C2CC(C)N. The molecule has 110 valence electrons. The van der Waals surface area contributed by atoms with Crippen LogP contribution in [0.1, 0.15) is 41.5 Å². The van der Waals surface area contributed by atoms with Gasteiger partial charge < -0.3 is 10.5 Å². The highest BCUT2D eigenvalue weighted by molar-refractivity contribution is 5.47. The molecule has 2 aromatic carbocycles. The highest BCUT2D eigenvalue weighted by Crippen LogP contribution is 2.38. The summed E-state index contributed by atoms with van der Waals surface area (Å²) < 4.78 is 5.39. The molecule has 0 heterocycles. The second kappa shape index (κ2) is 5.90. The molecule has 21 heavy (non-hydrogen) atoms. The molecule has 1 aliphatic carbocycles. The van der Waals surface area contributed by atoms with Gasteiger partial charge in [0.05, 0.1) is 7.11 Å². The van der Waals surface area contributed by atoms with E-state index in [0.717, 1.165) is 25.0 Å². The first-order chi connectivity index (χ1) is 10.2. The molecule has 0 spiro atoms. The largest absolute Gasteiger partial charge is 0.497 e. The molecule has 2 N–H and O–H groups in total. The van der Waals surface area contributed by atoms with Gasteiger partial charge in [-0.05, 0) is 60.6 Å². The van der Waals surface area contributed by atoms with E-state index in [0.29, 0.717) is 5.92 Å². The van der Waals surface area contributed by atoms with Gasteiger partial charge >= 0.3 is 0 Å². The Morgan fingerprint density at radius 1 is 1.10 bits per heavy atom. The Hall–Kier alpha value is -1.80. The molecule has 0 saturated carbocycles. The Kier molecular flexibility index (Phi) is 3.98. The molecular formula is C19H23NO. The lowest BCUT2D eigenvalue weighted by atomic mass is 9.84. The molecule has 2 heteroatoms. The van der Waals surface area contributed by atoms with Crippen LogP contribution >= 0.6 is 0 Å². The third-order valence-electron chi connectivity index (χ3n) is 4.43. The molecule has 2 nitrogen and oxygen atoms in total. The summed E-state index contributed by atoms with van der Waals surface area (Å²) in [6.07, 6.45) is 3.14. The van der Waals surface area contributed by atoms with E-state index in [9.17, 15) is 0 Å². The molecule has 0 aliphatic heterocycles. The lowest BCUT2D eigenvalue weighted by Crippen LogP contribution is -2.20. The maximum atomic E-state index is 6.12. The third-order valence-corrected chi connectivity index (χ3v) is 4.43. The summed E-state index contributed by atoms with van der Waals surface area (Å²) >= 11 is 0. The van der Waals surface area contributed by atoms with Crippen LogP contribution in [0.15, 0.2) is 42.5 Å². The van der Waals surface area contributed by atoms with Crippen molar-refractivity contribution in [2.45, 2.75) is 38.1 Å². The van der Waals surface area contributed by atoms with Gasteiger partial charge in [0.1, 0.15) is 5.75 Å². The Balaban J connectivity index is 2.11. The summed E-state index contributed by atoms with van der Waals surface area (Å²) in [6.45, 7) is 2.09. The Morgan fingerprint density at radius 3 is 2.57 bits per heavy atom. The second-order valence-electron chi connectivity index (χ2n) is 6.03. The highest BCUT2D eigenvalue weighted by atomic mass is 16.5. The molecule has 0 saturated heterocycles. The van der Waals surface area contributed by atoms with Crippen LogP contribution in [-0.4, -0.2) is 13.2 Å². The van der Waals surface area contributed by atoms with Crippen molar-refractivity contribution in [3.8, 4) is 5.75 Å². The van der Waals surface area contributed by atoms with Gasteiger partial charge in [-0.1, -0.05) is 30.3 Å². The van der Waals surface area contributed by atoms with Crippen molar-refractivity contribution in [3.05, 3.63) is 64.7 Å². The Bertz CT molecular complexity index is 633. The van der Waals surface area contributed by atoms with Crippen molar-refractivity contribution < 1.29 is 4.74 Å². The predicted molar refractivity (Wildman–Crippen MR) is 87.0 cm³/mol. The minimum atomic E-state index is 0.191. The van der Waals surface area contributed by atoms with E-state index in [4.69, 9.17) is 10.5 Å². The van der Waals surface area contributed by atoms with Crippen molar-refractivity contribution in [2.75, 3.05) is 7.11 Å². The van der Waals surface area contributed by atoms with Crippen molar-refractivity contribution in [1.29, 1.82) is 0 Å². The number of rotatable bonds is 3. The average Bonchev–Trinajstić information content (AvgIpc) is 2.64. The number of methoxy groups -OCH3 is 1. The second-order valence-corrected chi connectivity index (χ2v) is 6.03. The van der Waals surface area contributed by atoms with E-state index in [1.165, 1.54) is 22.3 Å². The highest BCUT2D eigenvalue weighted by Gasteiger charge is 2.24. The molecule has 0 bridgehead atoms. The molecule has 0 amide bonds. The van der Waals surface area contributed by atoms with Gasteiger partial charge in [0.2, 0.25) is 0 Å². The summed E-state index contributed by atoms with van der Waals surface area (Å²) in [5.41, 5.74) is 11.8. The van der Waals surface area contributed by atoms with Crippen LogP contribution in [0.2, 0.25) is 0 Å².